The molecule has 0 bridgehead atoms. The van der Waals surface area contributed by atoms with Crippen LogP contribution in [0.25, 0.3) is 0 Å². The number of ether oxygens (including phenoxy) is 1. The van der Waals surface area contributed by atoms with Gasteiger partial charge in [0.05, 0.1) is 25.5 Å². The van der Waals surface area contributed by atoms with Crippen LogP contribution >= 0.6 is 0 Å². The summed E-state index contributed by atoms with van der Waals surface area (Å²) in [6.45, 7) is 7.85. The Kier molecular flexibility index (Phi) is 4.01. The first-order valence-electron chi connectivity index (χ1n) is 6.33. The Hall–Kier alpha value is -0.950. The van der Waals surface area contributed by atoms with Gasteiger partial charge in [0.15, 0.2) is 0 Å². The molecule has 0 saturated carbocycles. The Morgan fingerprint density at radius 3 is 2.61 bits per heavy atom. The maximum Gasteiger partial charge on any atom is 0.0669 e. The third-order valence-electron chi connectivity index (χ3n) is 3.76. The predicted octanol–water partition coefficient (Wildman–Crippen LogP) is 0.0353. The summed E-state index contributed by atoms with van der Waals surface area (Å²) in [4.78, 5) is 2.41. The van der Waals surface area contributed by atoms with Crippen LogP contribution in [0, 0.1) is 0 Å². The lowest BCUT2D eigenvalue weighted by Crippen LogP contribution is -2.57. The summed E-state index contributed by atoms with van der Waals surface area (Å²) in [6, 6.07) is 0.0456. The third-order valence-corrected chi connectivity index (χ3v) is 3.76. The molecule has 1 atom stereocenters. The number of nitrogens with zero attached hydrogens (tertiary/aromatic N) is 3. The van der Waals surface area contributed by atoms with Crippen LogP contribution in [0.5, 0.6) is 0 Å². The number of aromatic nitrogens is 2. The lowest BCUT2D eigenvalue weighted by molar-refractivity contribution is -0.0238. The lowest BCUT2D eigenvalue weighted by Gasteiger charge is -2.45. The van der Waals surface area contributed by atoms with Crippen molar-refractivity contribution in [3.8, 4) is 0 Å². The average molecular weight is 253 g/mol. The predicted molar refractivity (Wildman–Crippen MR) is 69.7 cm³/mol. The minimum atomic E-state index is -0.0818. The van der Waals surface area contributed by atoms with Crippen LogP contribution in [-0.2, 0) is 11.8 Å². The van der Waals surface area contributed by atoms with Crippen LogP contribution in [0.1, 0.15) is 25.5 Å². The minimum Gasteiger partial charge on any atom is -0.379 e. The highest BCUT2D eigenvalue weighted by molar-refractivity contribution is 5.16. The second-order valence-electron chi connectivity index (χ2n) is 5.30. The summed E-state index contributed by atoms with van der Waals surface area (Å²) in [5.74, 6) is 5.76. The van der Waals surface area contributed by atoms with E-state index in [0.717, 1.165) is 31.9 Å². The summed E-state index contributed by atoms with van der Waals surface area (Å²) in [7, 11) is 1.92. The van der Waals surface area contributed by atoms with Crippen LogP contribution in [0.4, 0.5) is 0 Å². The van der Waals surface area contributed by atoms with Gasteiger partial charge in [0.1, 0.15) is 0 Å². The fraction of sp³-hybridized carbons (Fsp3) is 0.750. The lowest BCUT2D eigenvalue weighted by atomic mass is 9.88. The van der Waals surface area contributed by atoms with Crippen LogP contribution < -0.4 is 11.3 Å². The molecule has 3 N–H and O–H groups in total. The smallest absolute Gasteiger partial charge is 0.0669 e. The highest BCUT2D eigenvalue weighted by Crippen LogP contribution is 2.30. The van der Waals surface area contributed by atoms with Crippen molar-refractivity contribution in [2.45, 2.75) is 25.4 Å². The summed E-state index contributed by atoms with van der Waals surface area (Å²) in [5, 5.41) is 4.22. The van der Waals surface area contributed by atoms with Crippen LogP contribution in [-0.4, -0.2) is 46.5 Å². The van der Waals surface area contributed by atoms with E-state index in [0.29, 0.717) is 0 Å². The summed E-state index contributed by atoms with van der Waals surface area (Å²) < 4.78 is 7.21. The number of nitrogens with two attached hydrogens (primary N) is 1. The molecule has 1 aliphatic rings. The first-order valence-corrected chi connectivity index (χ1v) is 6.33. The van der Waals surface area contributed by atoms with Gasteiger partial charge in [-0.25, -0.2) is 0 Å². The molecule has 102 valence electrons. The molecule has 1 fully saturated rings. The molecule has 1 unspecified atom stereocenters. The van der Waals surface area contributed by atoms with Crippen molar-refractivity contribution in [1.82, 2.24) is 20.1 Å². The van der Waals surface area contributed by atoms with E-state index < -0.39 is 0 Å². The molecule has 0 spiro atoms. The van der Waals surface area contributed by atoms with Gasteiger partial charge in [-0.1, -0.05) is 0 Å². The van der Waals surface area contributed by atoms with E-state index in [1.165, 1.54) is 0 Å². The van der Waals surface area contributed by atoms with E-state index in [2.05, 4.69) is 29.3 Å². The first-order chi connectivity index (χ1) is 8.55. The zero-order valence-electron chi connectivity index (χ0n) is 11.4. The molecule has 0 aromatic carbocycles. The van der Waals surface area contributed by atoms with Crippen LogP contribution in [0.2, 0.25) is 0 Å². The van der Waals surface area contributed by atoms with Gasteiger partial charge in [0.2, 0.25) is 0 Å². The molecule has 2 heterocycles. The zero-order chi connectivity index (χ0) is 13.2. The number of nitrogens with one attached hydrogen (secondary N) is 1. The van der Waals surface area contributed by atoms with Gasteiger partial charge in [-0.2, -0.15) is 5.10 Å². The number of hydrazine groups is 1. The molecule has 1 saturated heterocycles. The summed E-state index contributed by atoms with van der Waals surface area (Å²) in [6.07, 6.45) is 3.87. The molecule has 1 aliphatic heterocycles. The van der Waals surface area contributed by atoms with Gasteiger partial charge in [-0.15, -0.1) is 0 Å². The van der Waals surface area contributed by atoms with Gasteiger partial charge < -0.3 is 4.74 Å². The Morgan fingerprint density at radius 2 is 2.11 bits per heavy atom. The van der Waals surface area contributed by atoms with Crippen molar-refractivity contribution in [2.24, 2.45) is 12.9 Å². The third kappa shape index (κ3) is 2.56. The van der Waals surface area contributed by atoms with Crippen molar-refractivity contribution < 1.29 is 4.74 Å². The Balaban J connectivity index is 2.19. The second kappa shape index (κ2) is 5.36. The van der Waals surface area contributed by atoms with E-state index in [4.69, 9.17) is 10.6 Å². The monoisotopic (exact) mass is 253 g/mol. The topological polar surface area (TPSA) is 68.3 Å². The largest absolute Gasteiger partial charge is 0.379 e. The van der Waals surface area contributed by atoms with Crippen molar-refractivity contribution >= 4 is 0 Å². The van der Waals surface area contributed by atoms with E-state index >= 15 is 0 Å². The number of hydrogen-bond acceptors (Lipinski definition) is 5. The van der Waals surface area contributed by atoms with Crippen LogP contribution in [0.15, 0.2) is 12.4 Å². The second-order valence-corrected chi connectivity index (χ2v) is 5.30. The van der Waals surface area contributed by atoms with Gasteiger partial charge in [0.25, 0.3) is 0 Å². The van der Waals surface area contributed by atoms with Crippen LogP contribution in [0.3, 0.4) is 0 Å². The fourth-order valence-electron chi connectivity index (χ4n) is 2.62. The van der Waals surface area contributed by atoms with Gasteiger partial charge in [-0.05, 0) is 13.8 Å². The molecule has 0 aliphatic carbocycles. The maximum atomic E-state index is 5.76. The number of rotatable bonds is 4. The highest BCUT2D eigenvalue weighted by Gasteiger charge is 2.37. The highest BCUT2D eigenvalue weighted by atomic mass is 16.5. The number of morpholine rings is 1. The molecule has 2 rings (SSSR count). The van der Waals surface area contributed by atoms with Gasteiger partial charge >= 0.3 is 0 Å². The Labute approximate surface area is 108 Å². The average Bonchev–Trinajstić information content (AvgIpc) is 2.77. The maximum absolute atomic E-state index is 5.76. The molecular formula is C12H23N5O. The normalized spacial score (nSPS) is 20.0. The summed E-state index contributed by atoms with van der Waals surface area (Å²) >= 11 is 0. The fourth-order valence-corrected chi connectivity index (χ4v) is 2.62. The number of hydrogen-bond donors (Lipinski definition) is 2. The molecule has 6 heteroatoms. The van der Waals surface area contributed by atoms with Gasteiger partial charge in [0, 0.05) is 37.4 Å². The van der Waals surface area contributed by atoms with Crippen molar-refractivity contribution in [3.63, 3.8) is 0 Å². The SMILES string of the molecule is Cn1cc(C(NN)C(C)(C)N2CCOCC2)cn1. The molecular weight excluding hydrogens is 230 g/mol. The molecule has 1 aromatic rings. The van der Waals surface area contributed by atoms with Crippen molar-refractivity contribution in [2.75, 3.05) is 26.3 Å². The number of aryl methyl sites for hydroxylation is 1. The standard InChI is InChI=1S/C12H23N5O/c1-12(2,17-4-6-18-7-5-17)11(15-13)10-8-14-16(3)9-10/h8-9,11,15H,4-7,13H2,1-3H3. The van der Waals surface area contributed by atoms with E-state index in [1.54, 1.807) is 4.68 Å². The molecule has 6 nitrogen and oxygen atoms in total. The molecule has 1 aromatic heterocycles. The van der Waals surface area contributed by atoms with Crippen molar-refractivity contribution in [3.05, 3.63) is 18.0 Å². The first kappa shape index (κ1) is 13.5. The van der Waals surface area contributed by atoms with E-state index in [1.807, 2.05) is 19.4 Å². The van der Waals surface area contributed by atoms with Gasteiger partial charge in [-0.3, -0.25) is 20.9 Å². The van der Waals surface area contributed by atoms with E-state index in [-0.39, 0.29) is 11.6 Å². The quantitative estimate of drug-likeness (QED) is 0.585. The van der Waals surface area contributed by atoms with E-state index in [9.17, 15) is 0 Å². The minimum absolute atomic E-state index is 0.0456. The zero-order valence-corrected chi connectivity index (χ0v) is 11.4. The molecule has 18 heavy (non-hydrogen) atoms. The van der Waals surface area contributed by atoms with Crippen molar-refractivity contribution in [1.29, 1.82) is 0 Å². The Bertz CT molecular complexity index is 384. The summed E-state index contributed by atoms with van der Waals surface area (Å²) in [5.41, 5.74) is 3.96. The Morgan fingerprint density at radius 1 is 1.44 bits per heavy atom. The molecule has 0 amide bonds. The molecule has 0 radical (unpaired) electrons.